The molecule has 0 radical (unpaired) electrons. The van der Waals surface area contributed by atoms with Gasteiger partial charge in [0.05, 0.1) is 5.25 Å². The van der Waals surface area contributed by atoms with E-state index in [2.05, 4.69) is 5.32 Å². The average molecular weight is 526 g/mol. The summed E-state index contributed by atoms with van der Waals surface area (Å²) in [4.78, 5) is 65.8. The summed E-state index contributed by atoms with van der Waals surface area (Å²) in [6, 6.07) is -0.812. The summed E-state index contributed by atoms with van der Waals surface area (Å²) in [5.74, 6) is 0.0265. The first-order chi connectivity index (χ1) is 16.6. The highest BCUT2D eigenvalue weighted by Gasteiger charge is 2.44. The van der Waals surface area contributed by atoms with Crippen LogP contribution in [0.15, 0.2) is 0 Å². The Kier molecular flexibility index (Phi) is 12.6. The predicted octanol–water partition coefficient (Wildman–Crippen LogP) is 3.95. The van der Waals surface area contributed by atoms with E-state index < -0.39 is 17.0 Å². The highest BCUT2D eigenvalue weighted by molar-refractivity contribution is 8.00. The summed E-state index contributed by atoms with van der Waals surface area (Å²) in [5, 5.41) is 2.54. The second-order valence-corrected chi connectivity index (χ2v) is 13.0. The van der Waals surface area contributed by atoms with Crippen molar-refractivity contribution >= 4 is 41.2 Å². The SMILES string of the molecule is CCCCNC(=O)C(CC(=O)C(C)(C)C)N(C)C(=O)CCCCCSC1CC(=O)N(C(C)(C)C)C1=O. The van der Waals surface area contributed by atoms with Crippen molar-refractivity contribution in [2.75, 3.05) is 19.3 Å². The molecule has 1 heterocycles. The minimum absolute atomic E-state index is 0.0000586. The number of hydrogen-bond acceptors (Lipinski definition) is 6. The lowest BCUT2D eigenvalue weighted by Gasteiger charge is -2.30. The second kappa shape index (κ2) is 14.1. The van der Waals surface area contributed by atoms with Crippen molar-refractivity contribution in [3.05, 3.63) is 0 Å². The van der Waals surface area contributed by atoms with Crippen LogP contribution in [0.5, 0.6) is 0 Å². The summed E-state index contributed by atoms with van der Waals surface area (Å²) in [6.45, 7) is 13.6. The molecule has 9 heteroatoms. The first kappa shape index (κ1) is 32.1. The van der Waals surface area contributed by atoms with Crippen LogP contribution in [0.3, 0.4) is 0 Å². The molecule has 4 amide bonds. The Morgan fingerprint density at radius 2 is 1.69 bits per heavy atom. The van der Waals surface area contributed by atoms with E-state index in [1.165, 1.54) is 21.6 Å². The summed E-state index contributed by atoms with van der Waals surface area (Å²) >= 11 is 1.51. The van der Waals surface area contributed by atoms with E-state index in [4.69, 9.17) is 0 Å². The molecule has 1 N–H and O–H groups in total. The van der Waals surface area contributed by atoms with Crippen LogP contribution in [0, 0.1) is 5.41 Å². The Morgan fingerprint density at radius 1 is 1.06 bits per heavy atom. The fourth-order valence-corrected chi connectivity index (χ4v) is 5.13. The lowest BCUT2D eigenvalue weighted by atomic mass is 9.86. The number of nitrogens with zero attached hydrogens (tertiary/aromatic N) is 2. The standard InChI is InChI=1S/C27H47N3O5S/c1-9-10-15-28-24(34)19(17-21(31)26(2,3)4)29(8)22(32)14-12-11-13-16-36-20-18-23(33)30(25(20)35)27(5,6)7/h19-20H,9-18H2,1-8H3,(H,28,34). The van der Waals surface area contributed by atoms with Crippen LogP contribution in [0.2, 0.25) is 0 Å². The lowest BCUT2D eigenvalue weighted by molar-refractivity contribution is -0.143. The number of Topliss-reactive ketones (excluding diaryl/α,β-unsaturated/α-hetero) is 1. The summed E-state index contributed by atoms with van der Waals surface area (Å²) in [5.41, 5.74) is -1.09. The molecule has 2 atom stereocenters. The fourth-order valence-electron chi connectivity index (χ4n) is 3.96. The molecule has 36 heavy (non-hydrogen) atoms. The molecule has 0 aromatic rings. The van der Waals surface area contributed by atoms with Gasteiger partial charge in [-0.25, -0.2) is 0 Å². The van der Waals surface area contributed by atoms with Gasteiger partial charge in [0.2, 0.25) is 23.6 Å². The van der Waals surface area contributed by atoms with Crippen molar-refractivity contribution in [3.8, 4) is 0 Å². The van der Waals surface area contributed by atoms with E-state index in [0.717, 1.165) is 31.4 Å². The molecule has 206 valence electrons. The van der Waals surface area contributed by atoms with E-state index in [-0.39, 0.29) is 47.5 Å². The Balaban J connectivity index is 2.52. The highest BCUT2D eigenvalue weighted by Crippen LogP contribution is 2.31. The van der Waals surface area contributed by atoms with Gasteiger partial charge in [0, 0.05) is 43.8 Å². The molecule has 0 bridgehead atoms. The predicted molar refractivity (Wildman–Crippen MR) is 144 cm³/mol. The van der Waals surface area contributed by atoms with Crippen LogP contribution >= 0.6 is 11.8 Å². The minimum atomic E-state index is -0.812. The van der Waals surface area contributed by atoms with E-state index in [1.807, 2.05) is 48.5 Å². The molecule has 2 unspecified atom stereocenters. The van der Waals surface area contributed by atoms with Gasteiger partial charge in [-0.15, -0.1) is 11.8 Å². The van der Waals surface area contributed by atoms with Crippen LogP contribution in [-0.2, 0) is 24.0 Å². The third-order valence-electron chi connectivity index (χ3n) is 6.34. The number of imide groups is 1. The summed E-state index contributed by atoms with van der Waals surface area (Å²) in [7, 11) is 1.60. The highest BCUT2D eigenvalue weighted by atomic mass is 32.2. The molecular weight excluding hydrogens is 478 g/mol. The molecule has 1 aliphatic heterocycles. The van der Waals surface area contributed by atoms with Crippen molar-refractivity contribution in [3.63, 3.8) is 0 Å². The number of hydrogen-bond donors (Lipinski definition) is 1. The van der Waals surface area contributed by atoms with Crippen LogP contribution in [0.1, 0.15) is 99.8 Å². The van der Waals surface area contributed by atoms with Gasteiger partial charge in [-0.1, -0.05) is 40.5 Å². The molecule has 0 saturated carbocycles. The van der Waals surface area contributed by atoms with Crippen molar-refractivity contribution < 1.29 is 24.0 Å². The normalized spacial score (nSPS) is 17.3. The van der Waals surface area contributed by atoms with Crippen LogP contribution in [-0.4, -0.2) is 75.4 Å². The molecule has 8 nitrogen and oxygen atoms in total. The maximum atomic E-state index is 12.8. The van der Waals surface area contributed by atoms with E-state index in [1.54, 1.807) is 7.05 Å². The van der Waals surface area contributed by atoms with Crippen molar-refractivity contribution in [2.45, 2.75) is 117 Å². The van der Waals surface area contributed by atoms with Crippen molar-refractivity contribution in [1.29, 1.82) is 0 Å². The molecule has 0 spiro atoms. The second-order valence-electron chi connectivity index (χ2n) is 11.7. The third-order valence-corrected chi connectivity index (χ3v) is 7.63. The zero-order chi connectivity index (χ0) is 27.7. The van der Waals surface area contributed by atoms with Gasteiger partial charge in [-0.3, -0.25) is 28.9 Å². The smallest absolute Gasteiger partial charge is 0.243 e. The molecule has 0 aliphatic carbocycles. The van der Waals surface area contributed by atoms with Crippen LogP contribution in [0.25, 0.3) is 0 Å². The largest absolute Gasteiger partial charge is 0.354 e. The topological polar surface area (TPSA) is 104 Å². The number of thioether (sulfide) groups is 1. The van der Waals surface area contributed by atoms with Gasteiger partial charge in [0.1, 0.15) is 11.8 Å². The lowest BCUT2D eigenvalue weighted by Crippen LogP contribution is -2.49. The quantitative estimate of drug-likeness (QED) is 0.272. The number of unbranched alkanes of at least 4 members (excludes halogenated alkanes) is 3. The molecule has 1 saturated heterocycles. The van der Waals surface area contributed by atoms with E-state index in [0.29, 0.717) is 19.4 Å². The number of likely N-dealkylation sites (N-methyl/N-ethyl adjacent to an activating group) is 1. The maximum absolute atomic E-state index is 12.8. The summed E-state index contributed by atoms with van der Waals surface area (Å²) in [6.07, 6.45) is 4.63. The summed E-state index contributed by atoms with van der Waals surface area (Å²) < 4.78 is 0. The fraction of sp³-hybridized carbons (Fsp3) is 0.815. The van der Waals surface area contributed by atoms with Gasteiger partial charge < -0.3 is 10.2 Å². The van der Waals surface area contributed by atoms with Crippen molar-refractivity contribution in [1.82, 2.24) is 15.1 Å². The molecule has 1 aliphatic rings. The third kappa shape index (κ3) is 9.87. The zero-order valence-corrected chi connectivity index (χ0v) is 24.4. The molecule has 1 fully saturated rings. The molecular formula is C27H47N3O5S. The van der Waals surface area contributed by atoms with E-state index >= 15 is 0 Å². The average Bonchev–Trinajstić information content (AvgIpc) is 3.05. The monoisotopic (exact) mass is 525 g/mol. The number of likely N-dealkylation sites (tertiary alicyclic amines) is 1. The number of carbonyl (C=O) groups excluding carboxylic acids is 5. The number of nitrogens with one attached hydrogen (secondary N) is 1. The Bertz CT molecular complexity index is 800. The zero-order valence-electron chi connectivity index (χ0n) is 23.6. The molecule has 0 aromatic carbocycles. The van der Waals surface area contributed by atoms with Gasteiger partial charge in [-0.2, -0.15) is 0 Å². The van der Waals surface area contributed by atoms with Crippen LogP contribution < -0.4 is 5.32 Å². The van der Waals surface area contributed by atoms with E-state index in [9.17, 15) is 24.0 Å². The Morgan fingerprint density at radius 3 is 2.22 bits per heavy atom. The molecule has 1 rings (SSSR count). The molecule has 0 aromatic heterocycles. The van der Waals surface area contributed by atoms with Gasteiger partial charge in [-0.05, 0) is 45.8 Å². The van der Waals surface area contributed by atoms with Crippen molar-refractivity contribution in [2.24, 2.45) is 5.41 Å². The number of ketones is 1. The number of amides is 4. The van der Waals surface area contributed by atoms with Crippen LogP contribution in [0.4, 0.5) is 0 Å². The first-order valence-electron chi connectivity index (χ1n) is 13.2. The van der Waals surface area contributed by atoms with Gasteiger partial charge >= 0.3 is 0 Å². The number of carbonyl (C=O) groups is 5. The number of rotatable bonds is 14. The first-order valence-corrected chi connectivity index (χ1v) is 14.2. The van der Waals surface area contributed by atoms with Gasteiger partial charge in [0.15, 0.2) is 0 Å². The van der Waals surface area contributed by atoms with Gasteiger partial charge in [0.25, 0.3) is 0 Å². The minimum Gasteiger partial charge on any atom is -0.354 e. The maximum Gasteiger partial charge on any atom is 0.243 e. The Labute approximate surface area is 221 Å². The Hall–Kier alpha value is -1.90.